The van der Waals surface area contributed by atoms with E-state index in [1.807, 2.05) is 23.1 Å². The normalized spacial score (nSPS) is 12.9. The topological polar surface area (TPSA) is 52.7 Å². The van der Waals surface area contributed by atoms with E-state index in [-0.39, 0.29) is 23.9 Å². The van der Waals surface area contributed by atoms with Gasteiger partial charge in [-0.1, -0.05) is 102 Å². The van der Waals surface area contributed by atoms with E-state index in [0.717, 1.165) is 50.9 Å². The summed E-state index contributed by atoms with van der Waals surface area (Å²) in [4.78, 5) is 30.3. The first-order valence-electron chi connectivity index (χ1n) is 15.3. The molecule has 5 heteroatoms. The van der Waals surface area contributed by atoms with E-state index in [1.54, 1.807) is 0 Å². The van der Waals surface area contributed by atoms with Crippen molar-refractivity contribution in [1.29, 1.82) is 0 Å². The summed E-state index contributed by atoms with van der Waals surface area (Å²) in [5.74, 6) is 0.204. The molecule has 0 saturated carbocycles. The number of amides is 2. The highest BCUT2D eigenvalue weighted by molar-refractivity contribution is 5.79. The van der Waals surface area contributed by atoms with Gasteiger partial charge >= 0.3 is 0 Å². The second-order valence-corrected chi connectivity index (χ2v) is 10.6. The zero-order valence-corrected chi connectivity index (χ0v) is 24.8. The number of carbonyl (C=O) groups excluding carboxylic acids is 2. The standard InChI is InChI=1S/C32H57N3O2/c1-6-9-10-11-12-13-14-15-19-24-32(37)35(29(5)30-22-17-16-18-23-30)27-25-31(36)33-28(4)21-20-26-34(7-2)8-3/h16-18,22-23,28-29H,6-15,19-21,24-27H2,1-5H3,(H,33,36). The number of nitrogens with zero attached hydrogens (tertiary/aromatic N) is 2. The van der Waals surface area contributed by atoms with E-state index in [1.165, 1.54) is 44.9 Å². The van der Waals surface area contributed by atoms with Crippen LogP contribution in [-0.4, -0.2) is 53.8 Å². The maximum absolute atomic E-state index is 13.3. The lowest BCUT2D eigenvalue weighted by atomic mass is 10.0. The predicted molar refractivity (Wildman–Crippen MR) is 158 cm³/mol. The summed E-state index contributed by atoms with van der Waals surface area (Å²) in [5, 5.41) is 3.15. The van der Waals surface area contributed by atoms with Crippen molar-refractivity contribution < 1.29 is 9.59 Å². The minimum Gasteiger partial charge on any atom is -0.354 e. The lowest BCUT2D eigenvalue weighted by Gasteiger charge is -2.30. The molecule has 2 atom stereocenters. The monoisotopic (exact) mass is 515 g/mol. The molecular formula is C32H57N3O2. The van der Waals surface area contributed by atoms with Crippen molar-refractivity contribution in [3.8, 4) is 0 Å². The van der Waals surface area contributed by atoms with Crippen molar-refractivity contribution >= 4 is 11.8 Å². The first-order chi connectivity index (χ1) is 17.9. The number of rotatable bonds is 22. The van der Waals surface area contributed by atoms with Crippen molar-refractivity contribution in [2.75, 3.05) is 26.2 Å². The molecule has 1 rings (SSSR count). The Morgan fingerprint density at radius 1 is 0.757 bits per heavy atom. The van der Waals surface area contributed by atoms with Gasteiger partial charge in [-0.3, -0.25) is 9.59 Å². The summed E-state index contributed by atoms with van der Waals surface area (Å²) in [6.45, 7) is 14.5. The Morgan fingerprint density at radius 3 is 1.95 bits per heavy atom. The summed E-state index contributed by atoms with van der Waals surface area (Å²) < 4.78 is 0. The summed E-state index contributed by atoms with van der Waals surface area (Å²) in [6, 6.07) is 10.3. The van der Waals surface area contributed by atoms with Crippen LogP contribution in [0.15, 0.2) is 30.3 Å². The van der Waals surface area contributed by atoms with E-state index in [4.69, 9.17) is 0 Å². The van der Waals surface area contributed by atoms with Gasteiger partial charge in [0, 0.05) is 25.4 Å². The lowest BCUT2D eigenvalue weighted by Crippen LogP contribution is -2.39. The molecule has 2 unspecified atom stereocenters. The molecule has 2 amide bonds. The maximum atomic E-state index is 13.3. The maximum Gasteiger partial charge on any atom is 0.223 e. The molecule has 1 aromatic rings. The number of unbranched alkanes of at least 4 members (excludes halogenated alkanes) is 8. The van der Waals surface area contributed by atoms with Gasteiger partial charge in [-0.25, -0.2) is 0 Å². The van der Waals surface area contributed by atoms with Crippen LogP contribution >= 0.6 is 0 Å². The Labute approximate surface area is 228 Å². The highest BCUT2D eigenvalue weighted by Gasteiger charge is 2.22. The molecule has 0 aliphatic heterocycles. The fourth-order valence-corrected chi connectivity index (χ4v) is 4.98. The summed E-state index contributed by atoms with van der Waals surface area (Å²) in [6.07, 6.45) is 14.1. The number of carbonyl (C=O) groups is 2. The van der Waals surface area contributed by atoms with E-state index in [9.17, 15) is 9.59 Å². The van der Waals surface area contributed by atoms with Crippen LogP contribution in [0.25, 0.3) is 0 Å². The number of hydrogen-bond donors (Lipinski definition) is 1. The molecule has 37 heavy (non-hydrogen) atoms. The molecule has 0 fully saturated rings. The Kier molecular flexibility index (Phi) is 18.9. The zero-order chi connectivity index (χ0) is 27.3. The van der Waals surface area contributed by atoms with Gasteiger partial charge < -0.3 is 15.1 Å². The first kappa shape index (κ1) is 33.1. The lowest BCUT2D eigenvalue weighted by molar-refractivity contribution is -0.134. The van der Waals surface area contributed by atoms with Crippen molar-refractivity contribution in [1.82, 2.24) is 15.1 Å². The number of nitrogens with one attached hydrogen (secondary N) is 1. The van der Waals surface area contributed by atoms with Gasteiger partial charge in [0.25, 0.3) is 0 Å². The van der Waals surface area contributed by atoms with Crippen LogP contribution in [0.5, 0.6) is 0 Å². The fourth-order valence-electron chi connectivity index (χ4n) is 4.98. The van der Waals surface area contributed by atoms with Crippen molar-refractivity contribution in [3.63, 3.8) is 0 Å². The third-order valence-corrected chi connectivity index (χ3v) is 7.56. The predicted octanol–water partition coefficient (Wildman–Crippen LogP) is 7.51. The summed E-state index contributed by atoms with van der Waals surface area (Å²) in [5.41, 5.74) is 1.12. The minimum atomic E-state index is -0.0356. The molecule has 0 saturated heterocycles. The van der Waals surface area contributed by atoms with Gasteiger partial charge in [0.1, 0.15) is 0 Å². The van der Waals surface area contributed by atoms with Crippen LogP contribution in [0.2, 0.25) is 0 Å². The van der Waals surface area contributed by atoms with Crippen molar-refractivity contribution in [2.45, 2.75) is 130 Å². The molecule has 1 aromatic carbocycles. The molecule has 5 nitrogen and oxygen atoms in total. The smallest absolute Gasteiger partial charge is 0.223 e. The Hall–Kier alpha value is -1.88. The Morgan fingerprint density at radius 2 is 1.35 bits per heavy atom. The van der Waals surface area contributed by atoms with Crippen LogP contribution in [0, 0.1) is 0 Å². The molecule has 0 aromatic heterocycles. The van der Waals surface area contributed by atoms with Crippen LogP contribution in [0.1, 0.15) is 130 Å². The van der Waals surface area contributed by atoms with Gasteiger partial charge in [0.15, 0.2) is 0 Å². The average molecular weight is 516 g/mol. The second-order valence-electron chi connectivity index (χ2n) is 10.6. The van der Waals surface area contributed by atoms with Crippen LogP contribution in [0.3, 0.4) is 0 Å². The first-order valence-corrected chi connectivity index (χ1v) is 15.3. The molecular weight excluding hydrogens is 458 g/mol. The second kappa shape index (κ2) is 21.1. The van der Waals surface area contributed by atoms with Crippen molar-refractivity contribution in [3.05, 3.63) is 35.9 Å². The van der Waals surface area contributed by atoms with Gasteiger partial charge in [-0.15, -0.1) is 0 Å². The average Bonchev–Trinajstić information content (AvgIpc) is 2.90. The zero-order valence-electron chi connectivity index (χ0n) is 24.8. The SMILES string of the molecule is CCCCCCCCCCCC(=O)N(CCC(=O)NC(C)CCCN(CC)CC)C(C)c1ccccc1. The molecule has 0 bridgehead atoms. The third-order valence-electron chi connectivity index (χ3n) is 7.56. The van der Waals surface area contributed by atoms with E-state index in [0.29, 0.717) is 19.4 Å². The molecule has 0 heterocycles. The molecule has 0 spiro atoms. The molecule has 0 radical (unpaired) electrons. The molecule has 0 aliphatic rings. The fraction of sp³-hybridized carbons (Fsp3) is 0.750. The van der Waals surface area contributed by atoms with Gasteiger partial charge in [-0.2, -0.15) is 0 Å². The minimum absolute atomic E-state index is 0.0356. The molecule has 212 valence electrons. The summed E-state index contributed by atoms with van der Waals surface area (Å²) >= 11 is 0. The van der Waals surface area contributed by atoms with Crippen molar-refractivity contribution in [2.24, 2.45) is 0 Å². The highest BCUT2D eigenvalue weighted by Crippen LogP contribution is 2.22. The molecule has 0 aliphatic carbocycles. The van der Waals surface area contributed by atoms with E-state index < -0.39 is 0 Å². The largest absolute Gasteiger partial charge is 0.354 e. The van der Waals surface area contributed by atoms with Gasteiger partial charge in [-0.05, 0) is 58.3 Å². The van der Waals surface area contributed by atoms with Crippen LogP contribution in [0.4, 0.5) is 0 Å². The number of hydrogen-bond acceptors (Lipinski definition) is 3. The van der Waals surface area contributed by atoms with E-state index >= 15 is 0 Å². The van der Waals surface area contributed by atoms with E-state index in [2.05, 4.69) is 57.0 Å². The Balaban J connectivity index is 2.50. The summed E-state index contributed by atoms with van der Waals surface area (Å²) in [7, 11) is 0. The van der Waals surface area contributed by atoms with Crippen LogP contribution < -0.4 is 5.32 Å². The third kappa shape index (κ3) is 15.2. The Bertz CT molecular complexity index is 705. The number of benzene rings is 1. The van der Waals surface area contributed by atoms with Gasteiger partial charge in [0.05, 0.1) is 6.04 Å². The van der Waals surface area contributed by atoms with Gasteiger partial charge in [0.2, 0.25) is 11.8 Å². The quantitative estimate of drug-likeness (QED) is 0.163. The molecule has 1 N–H and O–H groups in total. The van der Waals surface area contributed by atoms with Crippen LogP contribution in [-0.2, 0) is 9.59 Å². The highest BCUT2D eigenvalue weighted by atomic mass is 16.2.